The first kappa shape index (κ1) is 12.6. The van der Waals surface area contributed by atoms with Crippen LogP contribution in [0.15, 0.2) is 29.6 Å². The fourth-order valence-corrected chi connectivity index (χ4v) is 3.26. The third kappa shape index (κ3) is 3.56. The Balaban J connectivity index is 1.90. The summed E-state index contributed by atoms with van der Waals surface area (Å²) in [5.74, 6) is 0.0458. The molecule has 1 atom stereocenters. The van der Waals surface area contributed by atoms with E-state index in [0.29, 0.717) is 6.42 Å². The van der Waals surface area contributed by atoms with Crippen molar-refractivity contribution < 1.29 is 4.79 Å². The summed E-state index contributed by atoms with van der Waals surface area (Å²) in [6.07, 6.45) is 0.446. The summed E-state index contributed by atoms with van der Waals surface area (Å²) in [5.41, 5.74) is 0. The molecule has 2 aromatic rings. The first-order valence-electron chi connectivity index (χ1n) is 5.22. The number of carbonyl (C=O) groups is 1. The highest BCUT2D eigenvalue weighted by molar-refractivity contribution is 7.16. The van der Waals surface area contributed by atoms with Crippen LogP contribution in [-0.2, 0) is 11.2 Å². The van der Waals surface area contributed by atoms with Crippen LogP contribution >= 0.6 is 34.3 Å². The molecule has 0 aliphatic heterocycles. The van der Waals surface area contributed by atoms with Crippen LogP contribution < -0.4 is 5.32 Å². The predicted octanol–water partition coefficient (Wildman–Crippen LogP) is 3.88. The van der Waals surface area contributed by atoms with Crippen LogP contribution in [0.25, 0.3) is 0 Å². The number of carbonyl (C=O) groups excluding carboxylic acids is 1. The smallest absolute Gasteiger partial charge is 0.225 e. The van der Waals surface area contributed by atoms with E-state index in [1.807, 2.05) is 36.6 Å². The van der Waals surface area contributed by atoms with Crippen molar-refractivity contribution in [2.24, 2.45) is 0 Å². The van der Waals surface area contributed by atoms with Gasteiger partial charge in [-0.1, -0.05) is 17.7 Å². The zero-order valence-electron chi connectivity index (χ0n) is 9.27. The molecular formula is C12H12ClNOS2. The van der Waals surface area contributed by atoms with Gasteiger partial charge >= 0.3 is 0 Å². The average molecular weight is 286 g/mol. The van der Waals surface area contributed by atoms with E-state index in [9.17, 15) is 4.79 Å². The number of amides is 1. The molecule has 0 aliphatic rings. The van der Waals surface area contributed by atoms with Crippen LogP contribution in [0, 0.1) is 0 Å². The summed E-state index contributed by atoms with van der Waals surface area (Å²) in [6.45, 7) is 1.97. The second-order valence-corrected chi connectivity index (χ2v) is 6.47. The molecule has 2 heterocycles. The molecular weight excluding hydrogens is 274 g/mol. The van der Waals surface area contributed by atoms with Crippen LogP contribution in [0.5, 0.6) is 0 Å². The standard InChI is InChI=1S/C12H12ClNOS2/c1-8(10-4-5-11(13)17-10)14-12(15)7-9-3-2-6-16-9/h2-6,8H,7H2,1H3,(H,14,15). The van der Waals surface area contributed by atoms with Gasteiger partial charge < -0.3 is 5.32 Å². The van der Waals surface area contributed by atoms with Crippen LogP contribution in [0.4, 0.5) is 0 Å². The van der Waals surface area contributed by atoms with Gasteiger partial charge in [0.15, 0.2) is 0 Å². The maximum Gasteiger partial charge on any atom is 0.225 e. The molecule has 0 bridgehead atoms. The molecule has 17 heavy (non-hydrogen) atoms. The highest BCUT2D eigenvalue weighted by Crippen LogP contribution is 2.26. The van der Waals surface area contributed by atoms with Crippen molar-refractivity contribution in [2.45, 2.75) is 19.4 Å². The SMILES string of the molecule is CC(NC(=O)Cc1cccs1)c1ccc(Cl)s1. The number of hydrogen-bond donors (Lipinski definition) is 1. The monoisotopic (exact) mass is 285 g/mol. The molecule has 0 fully saturated rings. The average Bonchev–Trinajstić information content (AvgIpc) is 2.89. The molecule has 0 aromatic carbocycles. The molecule has 2 rings (SSSR count). The molecule has 2 nitrogen and oxygen atoms in total. The Morgan fingerprint density at radius 2 is 2.29 bits per heavy atom. The lowest BCUT2D eigenvalue weighted by Crippen LogP contribution is -2.27. The second-order valence-electron chi connectivity index (χ2n) is 3.69. The van der Waals surface area contributed by atoms with Crippen molar-refractivity contribution in [1.82, 2.24) is 5.32 Å². The zero-order valence-corrected chi connectivity index (χ0v) is 11.7. The minimum Gasteiger partial charge on any atom is -0.348 e. The molecule has 0 aliphatic carbocycles. The lowest BCUT2D eigenvalue weighted by molar-refractivity contribution is -0.121. The number of hydrogen-bond acceptors (Lipinski definition) is 3. The van der Waals surface area contributed by atoms with E-state index >= 15 is 0 Å². The fourth-order valence-electron chi connectivity index (χ4n) is 1.50. The Hall–Kier alpha value is -0.840. The summed E-state index contributed by atoms with van der Waals surface area (Å²) in [6, 6.07) is 7.74. The van der Waals surface area contributed by atoms with Crippen molar-refractivity contribution in [2.75, 3.05) is 0 Å². The minimum absolute atomic E-state index is 0.0139. The van der Waals surface area contributed by atoms with Crippen molar-refractivity contribution >= 4 is 40.2 Å². The van der Waals surface area contributed by atoms with Gasteiger partial charge in [-0.3, -0.25) is 4.79 Å². The van der Waals surface area contributed by atoms with Gasteiger partial charge in [0.2, 0.25) is 5.91 Å². The largest absolute Gasteiger partial charge is 0.348 e. The Morgan fingerprint density at radius 1 is 1.47 bits per heavy atom. The molecule has 0 radical (unpaired) electrons. The first-order chi connectivity index (χ1) is 8.15. The van der Waals surface area contributed by atoms with Gasteiger partial charge in [-0.15, -0.1) is 22.7 Å². The van der Waals surface area contributed by atoms with Crippen LogP contribution in [0.2, 0.25) is 4.34 Å². The van der Waals surface area contributed by atoms with Crippen molar-refractivity contribution in [3.05, 3.63) is 43.7 Å². The molecule has 1 N–H and O–H groups in total. The molecule has 5 heteroatoms. The lowest BCUT2D eigenvalue weighted by atomic mass is 10.2. The zero-order chi connectivity index (χ0) is 12.3. The topological polar surface area (TPSA) is 29.1 Å². The first-order valence-corrected chi connectivity index (χ1v) is 7.29. The van der Waals surface area contributed by atoms with E-state index in [1.54, 1.807) is 11.3 Å². The summed E-state index contributed by atoms with van der Waals surface area (Å²) in [7, 11) is 0. The summed E-state index contributed by atoms with van der Waals surface area (Å²) >= 11 is 8.96. The van der Waals surface area contributed by atoms with Gasteiger partial charge in [0.05, 0.1) is 16.8 Å². The van der Waals surface area contributed by atoms with Crippen LogP contribution in [0.1, 0.15) is 22.7 Å². The lowest BCUT2D eigenvalue weighted by Gasteiger charge is -2.11. The van der Waals surface area contributed by atoms with E-state index in [-0.39, 0.29) is 11.9 Å². The Morgan fingerprint density at radius 3 is 2.88 bits per heavy atom. The number of thiophene rings is 2. The highest BCUT2D eigenvalue weighted by atomic mass is 35.5. The van der Waals surface area contributed by atoms with E-state index in [1.165, 1.54) is 11.3 Å². The number of halogens is 1. The maximum atomic E-state index is 11.8. The van der Waals surface area contributed by atoms with Crippen molar-refractivity contribution in [3.8, 4) is 0 Å². The van der Waals surface area contributed by atoms with Crippen molar-refractivity contribution in [1.29, 1.82) is 0 Å². The summed E-state index contributed by atoms with van der Waals surface area (Å²) < 4.78 is 0.749. The number of rotatable bonds is 4. The third-order valence-corrected chi connectivity index (χ3v) is 4.60. The molecule has 0 saturated heterocycles. The molecule has 1 amide bonds. The van der Waals surface area contributed by atoms with Gasteiger partial charge in [0, 0.05) is 9.75 Å². The van der Waals surface area contributed by atoms with Gasteiger partial charge in [0.25, 0.3) is 0 Å². The molecule has 0 spiro atoms. The minimum atomic E-state index is 0.0139. The van der Waals surface area contributed by atoms with Gasteiger partial charge in [0.1, 0.15) is 0 Å². The van der Waals surface area contributed by atoms with Gasteiger partial charge in [-0.2, -0.15) is 0 Å². The number of nitrogens with one attached hydrogen (secondary N) is 1. The van der Waals surface area contributed by atoms with Gasteiger partial charge in [-0.05, 0) is 30.5 Å². The Labute approximate surface area is 113 Å². The normalized spacial score (nSPS) is 12.4. The third-order valence-electron chi connectivity index (χ3n) is 2.31. The maximum absolute atomic E-state index is 11.8. The second kappa shape index (κ2) is 5.67. The molecule has 0 saturated carbocycles. The Bertz CT molecular complexity index is 492. The molecule has 90 valence electrons. The van der Waals surface area contributed by atoms with Crippen LogP contribution in [0.3, 0.4) is 0 Å². The van der Waals surface area contributed by atoms with E-state index in [0.717, 1.165) is 14.1 Å². The van der Waals surface area contributed by atoms with E-state index in [2.05, 4.69) is 5.32 Å². The quantitative estimate of drug-likeness (QED) is 0.907. The Kier molecular flexibility index (Phi) is 4.20. The van der Waals surface area contributed by atoms with Crippen molar-refractivity contribution in [3.63, 3.8) is 0 Å². The van der Waals surface area contributed by atoms with E-state index in [4.69, 9.17) is 11.6 Å². The fraction of sp³-hybridized carbons (Fsp3) is 0.250. The molecule has 2 aromatic heterocycles. The predicted molar refractivity (Wildman–Crippen MR) is 73.9 cm³/mol. The van der Waals surface area contributed by atoms with E-state index < -0.39 is 0 Å². The highest BCUT2D eigenvalue weighted by Gasteiger charge is 2.12. The molecule has 1 unspecified atom stereocenters. The summed E-state index contributed by atoms with van der Waals surface area (Å²) in [5, 5.41) is 4.94. The van der Waals surface area contributed by atoms with Crippen LogP contribution in [-0.4, -0.2) is 5.91 Å². The summed E-state index contributed by atoms with van der Waals surface area (Å²) in [4.78, 5) is 13.9. The van der Waals surface area contributed by atoms with Gasteiger partial charge in [-0.25, -0.2) is 0 Å².